The molecular formula is C12H21F4N. The zero-order chi connectivity index (χ0) is 12.9. The van der Waals surface area contributed by atoms with E-state index in [1.165, 1.54) is 6.42 Å². The summed E-state index contributed by atoms with van der Waals surface area (Å²) in [5, 5.41) is 2.63. The summed E-state index contributed by atoms with van der Waals surface area (Å²) in [6, 6.07) is 0. The van der Waals surface area contributed by atoms with E-state index in [0.29, 0.717) is 19.4 Å². The molecule has 0 saturated heterocycles. The van der Waals surface area contributed by atoms with Gasteiger partial charge in [-0.1, -0.05) is 19.3 Å². The molecule has 1 aliphatic carbocycles. The molecule has 0 heterocycles. The fraction of sp³-hybridized carbons (Fsp3) is 1.00. The Balaban J connectivity index is 2.20. The maximum absolute atomic E-state index is 13.1. The van der Waals surface area contributed by atoms with Gasteiger partial charge < -0.3 is 5.32 Å². The van der Waals surface area contributed by atoms with Crippen molar-refractivity contribution < 1.29 is 17.6 Å². The van der Waals surface area contributed by atoms with Crippen molar-refractivity contribution in [1.29, 1.82) is 0 Å². The lowest BCUT2D eigenvalue weighted by Crippen LogP contribution is -2.39. The number of rotatable bonds is 6. The van der Waals surface area contributed by atoms with Crippen LogP contribution in [0.1, 0.15) is 45.4 Å². The van der Waals surface area contributed by atoms with Crippen LogP contribution < -0.4 is 5.32 Å². The third-order valence-electron chi connectivity index (χ3n) is 3.11. The molecule has 1 saturated carbocycles. The van der Waals surface area contributed by atoms with Crippen LogP contribution in [0.2, 0.25) is 0 Å². The van der Waals surface area contributed by atoms with Crippen molar-refractivity contribution in [2.75, 3.05) is 13.1 Å². The minimum Gasteiger partial charge on any atom is -0.311 e. The molecule has 1 nitrogen and oxygen atoms in total. The first-order valence-corrected chi connectivity index (χ1v) is 6.25. The quantitative estimate of drug-likeness (QED) is 0.711. The van der Waals surface area contributed by atoms with E-state index in [1.807, 2.05) is 0 Å². The van der Waals surface area contributed by atoms with E-state index in [1.54, 1.807) is 0 Å². The average Bonchev–Trinajstić information content (AvgIpc) is 2.15. The Bertz CT molecular complexity index is 219. The summed E-state index contributed by atoms with van der Waals surface area (Å²) in [4.78, 5) is 0. The van der Waals surface area contributed by atoms with Crippen molar-refractivity contribution in [3.05, 3.63) is 0 Å². The second kappa shape index (κ2) is 6.03. The van der Waals surface area contributed by atoms with Gasteiger partial charge in [0.2, 0.25) is 0 Å². The van der Waals surface area contributed by atoms with Crippen molar-refractivity contribution in [3.8, 4) is 0 Å². The average molecular weight is 255 g/mol. The van der Waals surface area contributed by atoms with Gasteiger partial charge in [-0.05, 0) is 32.2 Å². The van der Waals surface area contributed by atoms with Crippen molar-refractivity contribution in [3.63, 3.8) is 0 Å². The molecule has 1 N–H and O–H groups in total. The highest BCUT2D eigenvalue weighted by molar-refractivity contribution is 4.77. The van der Waals surface area contributed by atoms with Crippen LogP contribution in [0.5, 0.6) is 0 Å². The van der Waals surface area contributed by atoms with Gasteiger partial charge in [0.05, 0.1) is 13.0 Å². The van der Waals surface area contributed by atoms with Gasteiger partial charge in [0.1, 0.15) is 0 Å². The number of hydrogen-bond donors (Lipinski definition) is 1. The molecule has 0 bridgehead atoms. The zero-order valence-corrected chi connectivity index (χ0v) is 10.2. The van der Waals surface area contributed by atoms with Gasteiger partial charge in [-0.15, -0.1) is 0 Å². The fourth-order valence-electron chi connectivity index (χ4n) is 2.37. The summed E-state index contributed by atoms with van der Waals surface area (Å²) < 4.78 is 51.2. The van der Waals surface area contributed by atoms with Gasteiger partial charge in [0.15, 0.2) is 0 Å². The van der Waals surface area contributed by atoms with Gasteiger partial charge in [-0.2, -0.15) is 0 Å². The first-order chi connectivity index (χ1) is 7.79. The molecule has 1 rings (SSSR count). The molecule has 0 aromatic carbocycles. The van der Waals surface area contributed by atoms with Crippen LogP contribution in [-0.4, -0.2) is 24.9 Å². The molecule has 0 aromatic heterocycles. The van der Waals surface area contributed by atoms with E-state index in [9.17, 15) is 17.6 Å². The predicted molar refractivity (Wildman–Crippen MR) is 59.6 cm³/mol. The smallest absolute Gasteiger partial charge is 0.266 e. The van der Waals surface area contributed by atoms with Gasteiger partial charge in [-0.25, -0.2) is 17.6 Å². The lowest BCUT2D eigenvalue weighted by molar-refractivity contribution is -0.0987. The summed E-state index contributed by atoms with van der Waals surface area (Å²) in [5.74, 6) is -6.20. The molecule has 0 aliphatic heterocycles. The minimum absolute atomic E-state index is 0.432. The van der Waals surface area contributed by atoms with Gasteiger partial charge in [-0.3, -0.25) is 0 Å². The minimum atomic E-state index is -3.33. The van der Waals surface area contributed by atoms with Crippen LogP contribution >= 0.6 is 0 Å². The molecular weight excluding hydrogens is 234 g/mol. The molecule has 1 fully saturated rings. The number of hydrogen-bond acceptors (Lipinski definition) is 1. The number of nitrogens with one attached hydrogen (secondary N) is 1. The van der Waals surface area contributed by atoms with Gasteiger partial charge in [0.25, 0.3) is 11.8 Å². The van der Waals surface area contributed by atoms with Crippen LogP contribution in [0.3, 0.4) is 0 Å². The molecule has 5 heteroatoms. The van der Waals surface area contributed by atoms with E-state index >= 15 is 0 Å². The number of alkyl halides is 4. The monoisotopic (exact) mass is 255 g/mol. The molecule has 0 spiro atoms. The standard InChI is InChI=1S/C12H21F4N/c1-11(13,14)8-12(15,16)9-17-7-10-5-3-2-4-6-10/h10,17H,2-9H2,1H3. The second-order valence-corrected chi connectivity index (χ2v) is 5.24. The molecule has 102 valence electrons. The highest BCUT2D eigenvalue weighted by Crippen LogP contribution is 2.29. The topological polar surface area (TPSA) is 12.0 Å². The zero-order valence-electron chi connectivity index (χ0n) is 10.2. The van der Waals surface area contributed by atoms with Crippen molar-refractivity contribution in [2.45, 2.75) is 57.3 Å². The Morgan fingerprint density at radius 2 is 1.65 bits per heavy atom. The summed E-state index contributed by atoms with van der Waals surface area (Å²) in [6.07, 6.45) is 4.25. The maximum Gasteiger partial charge on any atom is 0.266 e. The Hall–Kier alpha value is -0.320. The van der Waals surface area contributed by atoms with E-state index in [2.05, 4.69) is 5.32 Å². The van der Waals surface area contributed by atoms with Crippen molar-refractivity contribution in [1.82, 2.24) is 5.32 Å². The maximum atomic E-state index is 13.1. The van der Waals surface area contributed by atoms with Crippen molar-refractivity contribution in [2.24, 2.45) is 5.92 Å². The van der Waals surface area contributed by atoms with Crippen LogP contribution in [0, 0.1) is 5.92 Å². The first-order valence-electron chi connectivity index (χ1n) is 6.25. The normalized spacial score (nSPS) is 19.6. The lowest BCUT2D eigenvalue weighted by atomic mass is 9.89. The molecule has 0 aromatic rings. The summed E-state index contributed by atoms with van der Waals surface area (Å²) >= 11 is 0. The van der Waals surface area contributed by atoms with E-state index in [0.717, 1.165) is 25.7 Å². The molecule has 0 atom stereocenters. The van der Waals surface area contributed by atoms with E-state index in [-0.39, 0.29) is 0 Å². The Labute approximate surface area is 100.0 Å². The highest BCUT2D eigenvalue weighted by Gasteiger charge is 2.39. The lowest BCUT2D eigenvalue weighted by Gasteiger charge is -2.24. The fourth-order valence-corrected chi connectivity index (χ4v) is 2.37. The van der Waals surface area contributed by atoms with Gasteiger partial charge >= 0.3 is 0 Å². The van der Waals surface area contributed by atoms with Crippen LogP contribution in [-0.2, 0) is 0 Å². The van der Waals surface area contributed by atoms with Crippen molar-refractivity contribution >= 4 is 0 Å². The highest BCUT2D eigenvalue weighted by atomic mass is 19.3. The number of halogens is 4. The molecule has 0 unspecified atom stereocenters. The molecule has 0 amide bonds. The largest absolute Gasteiger partial charge is 0.311 e. The van der Waals surface area contributed by atoms with Crippen LogP contribution in [0.15, 0.2) is 0 Å². The third kappa shape index (κ3) is 6.86. The van der Waals surface area contributed by atoms with E-state index in [4.69, 9.17) is 0 Å². The SMILES string of the molecule is CC(F)(F)CC(F)(F)CNCC1CCCCC1. The first kappa shape index (κ1) is 14.7. The Kier molecular flexibility index (Phi) is 5.22. The molecule has 0 radical (unpaired) electrons. The Morgan fingerprint density at radius 3 is 2.18 bits per heavy atom. The van der Waals surface area contributed by atoms with Gasteiger partial charge in [0, 0.05) is 0 Å². The third-order valence-corrected chi connectivity index (χ3v) is 3.11. The summed E-state index contributed by atoms with van der Waals surface area (Å²) in [7, 11) is 0. The Morgan fingerprint density at radius 1 is 1.06 bits per heavy atom. The van der Waals surface area contributed by atoms with E-state index < -0.39 is 24.8 Å². The van der Waals surface area contributed by atoms with Crippen LogP contribution in [0.4, 0.5) is 17.6 Å². The molecule has 1 aliphatic rings. The summed E-state index contributed by atoms with van der Waals surface area (Å²) in [6.45, 7) is 0.403. The summed E-state index contributed by atoms with van der Waals surface area (Å²) in [5.41, 5.74) is 0. The molecule has 17 heavy (non-hydrogen) atoms. The second-order valence-electron chi connectivity index (χ2n) is 5.24. The predicted octanol–water partition coefficient (Wildman–Crippen LogP) is 3.84. The van der Waals surface area contributed by atoms with Crippen LogP contribution in [0.25, 0.3) is 0 Å².